The average Bonchev–Trinajstić information content (AvgIpc) is 2.56. The van der Waals surface area contributed by atoms with E-state index in [1.54, 1.807) is 6.92 Å². The van der Waals surface area contributed by atoms with Crippen LogP contribution in [0.3, 0.4) is 0 Å². The number of carbonyl (C=O) groups excluding carboxylic acids is 1. The molecule has 7 heteroatoms. The van der Waals surface area contributed by atoms with Crippen molar-refractivity contribution in [3.05, 3.63) is 12.2 Å². The zero-order valence-corrected chi connectivity index (χ0v) is 17.5. The van der Waals surface area contributed by atoms with Gasteiger partial charge >= 0.3 is 13.8 Å². The van der Waals surface area contributed by atoms with Gasteiger partial charge in [0.25, 0.3) is 0 Å². The molecular weight excluding hydrogens is 355 g/mol. The maximum atomic E-state index is 12.0. The Labute approximate surface area is 158 Å². The Bertz CT molecular complexity index is 433. The Kier molecular flexibility index (Phi) is 14.0. The lowest BCUT2D eigenvalue weighted by Crippen LogP contribution is -2.31. The van der Waals surface area contributed by atoms with E-state index in [-0.39, 0.29) is 18.1 Å². The lowest BCUT2D eigenvalue weighted by Gasteiger charge is -2.27. The zero-order valence-electron chi connectivity index (χ0n) is 16.6. The van der Waals surface area contributed by atoms with Gasteiger partial charge in [-0.15, -0.1) is 0 Å². The number of phosphoric acid groups is 1. The van der Waals surface area contributed by atoms with Gasteiger partial charge in [-0.3, -0.25) is 4.52 Å². The molecule has 0 aromatic carbocycles. The summed E-state index contributed by atoms with van der Waals surface area (Å²) in [4.78, 5) is 30.0. The van der Waals surface area contributed by atoms with E-state index in [1.807, 2.05) is 0 Å². The highest BCUT2D eigenvalue weighted by molar-refractivity contribution is 7.46. The molecule has 0 rings (SSSR count). The predicted octanol–water partition coefficient (Wildman–Crippen LogP) is 5.14. The van der Waals surface area contributed by atoms with Gasteiger partial charge in [-0.05, 0) is 25.7 Å². The zero-order chi connectivity index (χ0) is 20.0. The van der Waals surface area contributed by atoms with Gasteiger partial charge in [0.05, 0.1) is 6.61 Å². The second-order valence-electron chi connectivity index (χ2n) is 6.97. The first kappa shape index (κ1) is 25.3. The number of hydrogen-bond acceptors (Lipinski definition) is 4. The van der Waals surface area contributed by atoms with Crippen LogP contribution >= 0.6 is 7.82 Å². The average molecular weight is 392 g/mol. The molecule has 0 aromatic heterocycles. The number of phosphoric ester groups is 1. The fourth-order valence-corrected chi connectivity index (χ4v) is 3.20. The Morgan fingerprint density at radius 1 is 1.00 bits per heavy atom. The first-order chi connectivity index (χ1) is 12.2. The normalized spacial score (nSPS) is 13.0. The van der Waals surface area contributed by atoms with Gasteiger partial charge in [0.2, 0.25) is 0 Å². The molecule has 0 aliphatic rings. The van der Waals surface area contributed by atoms with Crippen LogP contribution in [-0.2, 0) is 18.6 Å². The van der Waals surface area contributed by atoms with Gasteiger partial charge in [0.1, 0.15) is 6.10 Å². The fraction of sp³-hybridized carbons (Fsp3) is 0.842. The van der Waals surface area contributed by atoms with E-state index in [9.17, 15) is 9.36 Å². The smallest absolute Gasteiger partial charge is 0.456 e. The largest absolute Gasteiger partial charge is 0.469 e. The van der Waals surface area contributed by atoms with Crippen LogP contribution in [0.25, 0.3) is 0 Å². The molecule has 0 fully saturated rings. The van der Waals surface area contributed by atoms with Gasteiger partial charge in [0.15, 0.2) is 0 Å². The van der Waals surface area contributed by atoms with Gasteiger partial charge in [-0.2, -0.15) is 0 Å². The maximum Gasteiger partial charge on any atom is 0.469 e. The van der Waals surface area contributed by atoms with Crippen molar-refractivity contribution < 1.29 is 28.4 Å². The summed E-state index contributed by atoms with van der Waals surface area (Å²) in [6, 6.07) is 0. The van der Waals surface area contributed by atoms with Crippen LogP contribution in [0.2, 0.25) is 0 Å². The summed E-state index contributed by atoms with van der Waals surface area (Å²) in [5.74, 6) is -0.519. The number of hydrogen-bond donors (Lipinski definition) is 2. The van der Waals surface area contributed by atoms with E-state index in [0.717, 1.165) is 64.2 Å². The number of ether oxygens (including phenoxy) is 1. The Balaban J connectivity index is 4.98. The molecule has 1 unspecified atom stereocenters. The van der Waals surface area contributed by atoms with E-state index in [2.05, 4.69) is 25.0 Å². The molecule has 0 aromatic rings. The maximum absolute atomic E-state index is 12.0. The molecule has 0 amide bonds. The lowest BCUT2D eigenvalue weighted by atomic mass is 9.90. The van der Waals surface area contributed by atoms with E-state index in [1.165, 1.54) is 0 Å². The van der Waals surface area contributed by atoms with Crippen molar-refractivity contribution in [3.8, 4) is 0 Å². The molecule has 154 valence electrons. The third kappa shape index (κ3) is 13.5. The van der Waals surface area contributed by atoms with Crippen molar-refractivity contribution in [2.24, 2.45) is 5.92 Å². The first-order valence-corrected chi connectivity index (χ1v) is 11.3. The van der Waals surface area contributed by atoms with Crippen LogP contribution in [0, 0.1) is 5.92 Å². The van der Waals surface area contributed by atoms with Crippen LogP contribution in [0.5, 0.6) is 0 Å². The van der Waals surface area contributed by atoms with Crippen LogP contribution in [0.4, 0.5) is 0 Å². The molecule has 2 N–H and O–H groups in total. The van der Waals surface area contributed by atoms with Crippen LogP contribution in [0.1, 0.15) is 85.0 Å². The minimum Gasteiger partial charge on any atom is -0.456 e. The Morgan fingerprint density at radius 3 is 1.88 bits per heavy atom. The quantitative estimate of drug-likeness (QED) is 0.163. The fourth-order valence-electron chi connectivity index (χ4n) is 2.86. The minimum absolute atomic E-state index is 0.0264. The summed E-state index contributed by atoms with van der Waals surface area (Å²) < 4.78 is 21.2. The summed E-state index contributed by atoms with van der Waals surface area (Å²) in [5.41, 5.74) is 0.266. The molecule has 1 atom stereocenters. The van der Waals surface area contributed by atoms with Crippen LogP contribution < -0.4 is 0 Å². The summed E-state index contributed by atoms with van der Waals surface area (Å²) in [6.45, 7) is 9.13. The topological polar surface area (TPSA) is 93.1 Å². The summed E-state index contributed by atoms with van der Waals surface area (Å²) in [5, 5.41) is 0. The van der Waals surface area contributed by atoms with Crippen molar-refractivity contribution in [2.45, 2.75) is 91.1 Å². The highest BCUT2D eigenvalue weighted by atomic mass is 31.2. The molecule has 0 spiro atoms. The summed E-state index contributed by atoms with van der Waals surface area (Å²) in [6.07, 6.45) is 9.81. The molecule has 0 aliphatic carbocycles. The van der Waals surface area contributed by atoms with E-state index in [4.69, 9.17) is 14.5 Å². The summed E-state index contributed by atoms with van der Waals surface area (Å²) >= 11 is 0. The molecule has 0 aliphatic heterocycles. The van der Waals surface area contributed by atoms with Crippen molar-refractivity contribution in [2.75, 3.05) is 6.61 Å². The van der Waals surface area contributed by atoms with Crippen LogP contribution in [-0.4, -0.2) is 28.5 Å². The number of rotatable bonds is 16. The highest BCUT2D eigenvalue weighted by Crippen LogP contribution is 2.37. The standard InChI is InChI=1S/C19H37O6P/c1-5-7-9-11-13-17(14-12-10-8-6-2)18(15-24-26(21,22)23)25-19(20)16(3)4/h17-18H,3,5-15H2,1-2,4H3,(H2,21,22,23). The van der Waals surface area contributed by atoms with Crippen LogP contribution in [0.15, 0.2) is 12.2 Å². The van der Waals surface area contributed by atoms with Gasteiger partial charge in [-0.25, -0.2) is 9.36 Å². The third-order valence-electron chi connectivity index (χ3n) is 4.40. The first-order valence-electron chi connectivity index (χ1n) is 9.77. The summed E-state index contributed by atoms with van der Waals surface area (Å²) in [7, 11) is -4.61. The van der Waals surface area contributed by atoms with E-state index in [0.29, 0.717) is 0 Å². The Hall–Kier alpha value is -0.680. The van der Waals surface area contributed by atoms with E-state index >= 15 is 0 Å². The predicted molar refractivity (Wildman–Crippen MR) is 104 cm³/mol. The number of unbranched alkanes of at least 4 members (excludes halogenated alkanes) is 6. The monoisotopic (exact) mass is 392 g/mol. The minimum atomic E-state index is -4.61. The second-order valence-corrected chi connectivity index (χ2v) is 8.21. The lowest BCUT2D eigenvalue weighted by molar-refractivity contribution is -0.149. The molecule has 0 radical (unpaired) electrons. The van der Waals surface area contributed by atoms with Crippen molar-refractivity contribution >= 4 is 13.8 Å². The Morgan fingerprint density at radius 2 is 1.50 bits per heavy atom. The van der Waals surface area contributed by atoms with Gasteiger partial charge < -0.3 is 14.5 Å². The van der Waals surface area contributed by atoms with E-state index < -0.39 is 19.9 Å². The number of esters is 1. The van der Waals surface area contributed by atoms with Gasteiger partial charge in [0, 0.05) is 5.57 Å². The van der Waals surface area contributed by atoms with Gasteiger partial charge in [-0.1, -0.05) is 71.8 Å². The number of carbonyl (C=O) groups is 1. The van der Waals surface area contributed by atoms with Crippen molar-refractivity contribution in [3.63, 3.8) is 0 Å². The molecular formula is C19H37O6P. The van der Waals surface area contributed by atoms with Crippen molar-refractivity contribution in [1.82, 2.24) is 0 Å². The van der Waals surface area contributed by atoms with Crippen molar-refractivity contribution in [1.29, 1.82) is 0 Å². The SMILES string of the molecule is C=C(C)C(=O)OC(COP(=O)(O)O)C(CCCCCC)CCCCCC. The molecule has 0 saturated carbocycles. The molecule has 26 heavy (non-hydrogen) atoms. The highest BCUT2D eigenvalue weighted by Gasteiger charge is 2.28. The second kappa shape index (κ2) is 14.4. The molecule has 0 saturated heterocycles. The molecule has 6 nitrogen and oxygen atoms in total. The molecule has 0 bridgehead atoms. The molecule has 0 heterocycles. The third-order valence-corrected chi connectivity index (χ3v) is 4.88.